The summed E-state index contributed by atoms with van der Waals surface area (Å²) in [6, 6.07) is 0. The molecule has 0 spiro atoms. The number of esters is 1. The molecule has 0 aliphatic carbocycles. The van der Waals surface area contributed by atoms with E-state index in [0.717, 1.165) is 12.8 Å². The van der Waals surface area contributed by atoms with Crippen LogP contribution in [0.4, 0.5) is 0 Å². The molecule has 0 aliphatic heterocycles. The van der Waals surface area contributed by atoms with Gasteiger partial charge in [0.2, 0.25) is 0 Å². The van der Waals surface area contributed by atoms with Gasteiger partial charge < -0.3 is 14.9 Å². The van der Waals surface area contributed by atoms with Crippen LogP contribution in [0.1, 0.15) is 129 Å². The first-order chi connectivity index (χ1) is 14.4. The number of hydrogen-bond donors (Lipinski definition) is 2. The maximum absolute atomic E-state index is 11.6. The standard InChI is InChI=1S/C20H40O2.C4H6O4/c1-3-5-7-9-11-13-15-17-19-22-20(21)18-16-14-12-10-8-6-4-2;5-3(6)1-2-4(7)8/h3-19H2,1-2H3;1-2H2,(H,5,6)(H,7,8). The first-order valence-corrected chi connectivity index (χ1v) is 12.0. The van der Waals surface area contributed by atoms with Gasteiger partial charge in [0.05, 0.1) is 19.4 Å². The van der Waals surface area contributed by atoms with Gasteiger partial charge in [-0.05, 0) is 12.8 Å². The van der Waals surface area contributed by atoms with Crippen LogP contribution < -0.4 is 0 Å². The summed E-state index contributed by atoms with van der Waals surface area (Å²) in [4.78, 5) is 30.8. The number of carboxylic acids is 2. The van der Waals surface area contributed by atoms with Crippen LogP contribution in [0.15, 0.2) is 0 Å². The lowest BCUT2D eigenvalue weighted by Gasteiger charge is -2.05. The summed E-state index contributed by atoms with van der Waals surface area (Å²) >= 11 is 0. The molecule has 0 heterocycles. The molecule has 0 amide bonds. The molecule has 2 N–H and O–H groups in total. The second-order valence-electron chi connectivity index (χ2n) is 7.85. The van der Waals surface area contributed by atoms with Crippen LogP contribution in [0.25, 0.3) is 0 Å². The zero-order valence-electron chi connectivity index (χ0n) is 19.5. The zero-order chi connectivity index (χ0) is 22.9. The number of aliphatic carboxylic acids is 2. The third-order valence-corrected chi connectivity index (χ3v) is 4.80. The van der Waals surface area contributed by atoms with Gasteiger partial charge in [0.15, 0.2) is 0 Å². The fourth-order valence-corrected chi connectivity index (χ4v) is 2.93. The number of unbranched alkanes of at least 4 members (excludes halogenated alkanes) is 13. The zero-order valence-corrected chi connectivity index (χ0v) is 19.5. The van der Waals surface area contributed by atoms with Crippen LogP contribution in [-0.2, 0) is 19.1 Å². The Kier molecular flexibility index (Phi) is 26.0. The Hall–Kier alpha value is -1.59. The summed E-state index contributed by atoms with van der Waals surface area (Å²) in [5.74, 6) is -2.14. The van der Waals surface area contributed by atoms with E-state index in [0.29, 0.717) is 13.0 Å². The van der Waals surface area contributed by atoms with Crippen molar-refractivity contribution in [1.82, 2.24) is 0 Å². The van der Waals surface area contributed by atoms with Gasteiger partial charge in [-0.15, -0.1) is 0 Å². The molecule has 0 radical (unpaired) electrons. The molecule has 0 saturated carbocycles. The van der Waals surface area contributed by atoms with Crippen molar-refractivity contribution in [2.45, 2.75) is 129 Å². The molecule has 0 unspecified atom stereocenters. The van der Waals surface area contributed by atoms with E-state index in [1.54, 1.807) is 0 Å². The lowest BCUT2D eigenvalue weighted by atomic mass is 10.1. The normalized spacial score (nSPS) is 10.2. The van der Waals surface area contributed by atoms with Crippen molar-refractivity contribution in [2.75, 3.05) is 6.61 Å². The lowest BCUT2D eigenvalue weighted by molar-refractivity contribution is -0.144. The highest BCUT2D eigenvalue weighted by Crippen LogP contribution is 2.10. The van der Waals surface area contributed by atoms with Gasteiger partial charge in [-0.25, -0.2) is 0 Å². The molecule has 30 heavy (non-hydrogen) atoms. The van der Waals surface area contributed by atoms with Crippen molar-refractivity contribution in [1.29, 1.82) is 0 Å². The molecule has 0 aromatic rings. The van der Waals surface area contributed by atoms with Crippen LogP contribution in [0.5, 0.6) is 0 Å². The quantitative estimate of drug-likeness (QED) is 0.164. The Morgan fingerprint density at radius 2 is 0.900 bits per heavy atom. The molecule has 0 rings (SSSR count). The number of rotatable bonds is 20. The highest BCUT2D eigenvalue weighted by molar-refractivity contribution is 5.75. The molecule has 0 aromatic heterocycles. The highest BCUT2D eigenvalue weighted by Gasteiger charge is 2.02. The van der Waals surface area contributed by atoms with Crippen LogP contribution in [-0.4, -0.2) is 34.7 Å². The molecule has 0 aliphatic rings. The van der Waals surface area contributed by atoms with E-state index in [1.165, 1.54) is 83.5 Å². The largest absolute Gasteiger partial charge is 0.481 e. The predicted molar refractivity (Wildman–Crippen MR) is 121 cm³/mol. The van der Waals surface area contributed by atoms with Crippen LogP contribution in [0, 0.1) is 0 Å². The Balaban J connectivity index is 0. The summed E-state index contributed by atoms with van der Waals surface area (Å²) in [7, 11) is 0. The summed E-state index contributed by atoms with van der Waals surface area (Å²) in [5, 5.41) is 15.8. The number of carboxylic acid groups (broad SMARTS) is 2. The van der Waals surface area contributed by atoms with Crippen LogP contribution >= 0.6 is 0 Å². The summed E-state index contributed by atoms with van der Waals surface area (Å²) in [5.41, 5.74) is 0. The van der Waals surface area contributed by atoms with Crippen molar-refractivity contribution in [3.05, 3.63) is 0 Å². The molecule has 0 aromatic carbocycles. The van der Waals surface area contributed by atoms with Crippen molar-refractivity contribution >= 4 is 17.9 Å². The smallest absolute Gasteiger partial charge is 0.305 e. The fraction of sp³-hybridized carbons (Fsp3) is 0.875. The van der Waals surface area contributed by atoms with E-state index in [1.807, 2.05) is 0 Å². The van der Waals surface area contributed by atoms with E-state index < -0.39 is 11.9 Å². The van der Waals surface area contributed by atoms with E-state index in [2.05, 4.69) is 13.8 Å². The van der Waals surface area contributed by atoms with Gasteiger partial charge in [0.1, 0.15) is 0 Å². The van der Waals surface area contributed by atoms with Crippen molar-refractivity contribution in [2.24, 2.45) is 0 Å². The van der Waals surface area contributed by atoms with Crippen molar-refractivity contribution in [3.8, 4) is 0 Å². The molecule has 0 bridgehead atoms. The summed E-state index contributed by atoms with van der Waals surface area (Å²) < 4.78 is 5.29. The van der Waals surface area contributed by atoms with Gasteiger partial charge in [0, 0.05) is 6.42 Å². The second kappa shape index (κ2) is 25.4. The minimum Gasteiger partial charge on any atom is -0.481 e. The molecule has 0 saturated heterocycles. The third-order valence-electron chi connectivity index (χ3n) is 4.80. The Morgan fingerprint density at radius 1 is 0.533 bits per heavy atom. The van der Waals surface area contributed by atoms with E-state index in [-0.39, 0.29) is 18.8 Å². The van der Waals surface area contributed by atoms with Gasteiger partial charge in [-0.2, -0.15) is 0 Å². The second-order valence-corrected chi connectivity index (χ2v) is 7.85. The van der Waals surface area contributed by atoms with Crippen molar-refractivity contribution in [3.63, 3.8) is 0 Å². The predicted octanol–water partition coefficient (Wildman–Crippen LogP) is 6.75. The summed E-state index contributed by atoms with van der Waals surface area (Å²) in [6.07, 6.45) is 19.1. The van der Waals surface area contributed by atoms with E-state index >= 15 is 0 Å². The molecule has 178 valence electrons. The third kappa shape index (κ3) is 31.1. The minimum atomic E-state index is -1.08. The maximum Gasteiger partial charge on any atom is 0.305 e. The van der Waals surface area contributed by atoms with Gasteiger partial charge in [-0.1, -0.05) is 97.3 Å². The molecule has 6 nitrogen and oxygen atoms in total. The molecule has 6 heteroatoms. The number of hydrogen-bond acceptors (Lipinski definition) is 4. The van der Waals surface area contributed by atoms with Crippen LogP contribution in [0.2, 0.25) is 0 Å². The average molecular weight is 431 g/mol. The molecule has 0 fully saturated rings. The molecule has 0 atom stereocenters. The van der Waals surface area contributed by atoms with Gasteiger partial charge in [-0.3, -0.25) is 14.4 Å². The Labute approximate surface area is 183 Å². The topological polar surface area (TPSA) is 101 Å². The summed E-state index contributed by atoms with van der Waals surface area (Å²) in [6.45, 7) is 5.12. The number of carbonyl (C=O) groups is 3. The van der Waals surface area contributed by atoms with E-state index in [9.17, 15) is 14.4 Å². The monoisotopic (exact) mass is 430 g/mol. The molecular formula is C24H46O6. The van der Waals surface area contributed by atoms with Gasteiger partial charge >= 0.3 is 17.9 Å². The van der Waals surface area contributed by atoms with Gasteiger partial charge in [0.25, 0.3) is 0 Å². The lowest BCUT2D eigenvalue weighted by Crippen LogP contribution is -2.05. The Bertz CT molecular complexity index is 395. The van der Waals surface area contributed by atoms with Crippen LogP contribution in [0.3, 0.4) is 0 Å². The molecular weight excluding hydrogens is 384 g/mol. The maximum atomic E-state index is 11.6. The highest BCUT2D eigenvalue weighted by atomic mass is 16.5. The SMILES string of the molecule is CCCCCCCCCCOC(=O)CCCCCCCCC.O=C(O)CCC(=O)O. The first kappa shape index (κ1) is 30.6. The van der Waals surface area contributed by atoms with E-state index in [4.69, 9.17) is 14.9 Å². The number of ether oxygens (including phenoxy) is 1. The Morgan fingerprint density at radius 3 is 1.30 bits per heavy atom. The first-order valence-electron chi connectivity index (χ1n) is 12.0. The minimum absolute atomic E-state index is 0.0107. The van der Waals surface area contributed by atoms with Crippen molar-refractivity contribution < 1.29 is 29.3 Å². The number of carbonyl (C=O) groups excluding carboxylic acids is 1. The fourth-order valence-electron chi connectivity index (χ4n) is 2.93. The average Bonchev–Trinajstić information content (AvgIpc) is 2.71.